The highest BCUT2D eigenvalue weighted by atomic mass is 16.5. The Balaban J connectivity index is 3.94. The Kier molecular flexibility index (Phi) is 10.5. The van der Waals surface area contributed by atoms with E-state index in [1.807, 2.05) is 21.1 Å². The number of likely N-dealkylation sites (N-methyl/N-ethyl adjacent to an activating group) is 1. The maximum absolute atomic E-state index is 11.8. The minimum Gasteiger partial charge on any atom is -0.481 e. The molecule has 0 heterocycles. The van der Waals surface area contributed by atoms with Gasteiger partial charge >= 0.3 is 11.9 Å². The molecule has 1 atom stereocenters. The minimum atomic E-state index is -0.957. The summed E-state index contributed by atoms with van der Waals surface area (Å²) in [4.78, 5) is 33.5. The second-order valence-corrected chi connectivity index (χ2v) is 7.15. The molecule has 0 saturated carbocycles. The Labute approximate surface area is 139 Å². The van der Waals surface area contributed by atoms with Crippen molar-refractivity contribution in [3.05, 3.63) is 0 Å². The number of hydrogen-bond donors (Lipinski definition) is 1. The van der Waals surface area contributed by atoms with Crippen LogP contribution in [0.2, 0.25) is 0 Å². The molecule has 0 rings (SSSR count). The number of ether oxygens (including phenoxy) is 1. The molecule has 0 fully saturated rings. The van der Waals surface area contributed by atoms with Crippen LogP contribution in [0.15, 0.2) is 0 Å². The average Bonchev–Trinajstić information content (AvgIpc) is 2.34. The highest BCUT2D eigenvalue weighted by Crippen LogP contribution is 2.11. The number of carboxylic acids is 1. The van der Waals surface area contributed by atoms with E-state index >= 15 is 0 Å². The molecule has 0 aromatic heterocycles. The van der Waals surface area contributed by atoms with Gasteiger partial charge in [0, 0.05) is 12.8 Å². The lowest BCUT2D eigenvalue weighted by molar-refractivity contribution is -0.873. The van der Waals surface area contributed by atoms with Gasteiger partial charge < -0.3 is 19.1 Å². The molecule has 0 bridgehead atoms. The molecule has 0 aliphatic heterocycles. The quantitative estimate of drug-likeness (QED) is 0.319. The SMILES string of the molecule is CC(=O)CCCCCCCC(=O)OC(CC(=O)O)C[N+](C)(C)C. The van der Waals surface area contributed by atoms with Crippen LogP contribution >= 0.6 is 0 Å². The molecule has 0 aliphatic rings. The number of ketones is 1. The van der Waals surface area contributed by atoms with Crippen LogP contribution in [0, 0.1) is 0 Å². The smallest absolute Gasteiger partial charge is 0.307 e. The number of quaternary nitrogens is 1. The highest BCUT2D eigenvalue weighted by molar-refractivity contribution is 5.75. The lowest BCUT2D eigenvalue weighted by atomic mass is 10.1. The molecule has 0 saturated heterocycles. The van der Waals surface area contributed by atoms with Crippen molar-refractivity contribution in [3.8, 4) is 0 Å². The van der Waals surface area contributed by atoms with Gasteiger partial charge in [0.05, 0.1) is 27.6 Å². The predicted molar refractivity (Wildman–Crippen MR) is 88.0 cm³/mol. The highest BCUT2D eigenvalue weighted by Gasteiger charge is 2.24. The lowest BCUT2D eigenvalue weighted by Crippen LogP contribution is -2.43. The Bertz CT molecular complexity index is 387. The second kappa shape index (κ2) is 11.2. The molecule has 0 radical (unpaired) electrons. The number of unbranched alkanes of at least 4 members (excludes halogenated alkanes) is 4. The summed E-state index contributed by atoms with van der Waals surface area (Å²) in [6.07, 6.45) is 4.76. The predicted octanol–water partition coefficient (Wildman–Crippen LogP) is 2.40. The summed E-state index contributed by atoms with van der Waals surface area (Å²) in [5, 5.41) is 8.91. The van der Waals surface area contributed by atoms with Gasteiger partial charge in [-0.3, -0.25) is 9.59 Å². The number of carbonyl (C=O) groups excluding carboxylic acids is 2. The van der Waals surface area contributed by atoms with Gasteiger partial charge in [0.2, 0.25) is 0 Å². The van der Waals surface area contributed by atoms with Gasteiger partial charge in [-0.2, -0.15) is 0 Å². The monoisotopic (exact) mass is 330 g/mol. The van der Waals surface area contributed by atoms with E-state index in [9.17, 15) is 14.4 Å². The largest absolute Gasteiger partial charge is 0.481 e. The number of Topliss-reactive ketones (excluding diaryl/α,β-unsaturated/α-hetero) is 1. The Morgan fingerprint density at radius 3 is 1.96 bits per heavy atom. The number of hydrogen-bond acceptors (Lipinski definition) is 4. The van der Waals surface area contributed by atoms with Crippen LogP contribution < -0.4 is 0 Å². The average molecular weight is 330 g/mol. The van der Waals surface area contributed by atoms with Crippen LogP contribution in [0.4, 0.5) is 0 Å². The molecular formula is C17H32NO5+. The van der Waals surface area contributed by atoms with Crippen molar-refractivity contribution in [2.24, 2.45) is 0 Å². The molecule has 23 heavy (non-hydrogen) atoms. The fourth-order valence-corrected chi connectivity index (χ4v) is 2.37. The summed E-state index contributed by atoms with van der Waals surface area (Å²) in [5.41, 5.74) is 0. The number of esters is 1. The second-order valence-electron chi connectivity index (χ2n) is 7.15. The van der Waals surface area contributed by atoms with E-state index in [4.69, 9.17) is 9.84 Å². The van der Waals surface area contributed by atoms with Crippen LogP contribution in [-0.4, -0.2) is 61.1 Å². The fourth-order valence-electron chi connectivity index (χ4n) is 2.37. The van der Waals surface area contributed by atoms with E-state index in [0.29, 0.717) is 23.9 Å². The van der Waals surface area contributed by atoms with Gasteiger partial charge in [0.1, 0.15) is 12.3 Å². The first-order chi connectivity index (χ1) is 10.6. The summed E-state index contributed by atoms with van der Waals surface area (Å²) < 4.78 is 5.86. The number of rotatable bonds is 13. The molecule has 0 spiro atoms. The Morgan fingerprint density at radius 1 is 0.957 bits per heavy atom. The van der Waals surface area contributed by atoms with Gasteiger partial charge in [0.25, 0.3) is 0 Å². The van der Waals surface area contributed by atoms with Crippen LogP contribution in [0.25, 0.3) is 0 Å². The number of nitrogens with zero attached hydrogens (tertiary/aromatic N) is 1. The van der Waals surface area contributed by atoms with Crippen LogP contribution in [0.5, 0.6) is 0 Å². The third-order valence-electron chi connectivity index (χ3n) is 3.36. The summed E-state index contributed by atoms with van der Waals surface area (Å²) in [6.45, 7) is 2.07. The van der Waals surface area contributed by atoms with E-state index in [0.717, 1.165) is 32.1 Å². The van der Waals surface area contributed by atoms with Crippen LogP contribution in [-0.2, 0) is 19.1 Å². The normalized spacial score (nSPS) is 12.7. The molecular weight excluding hydrogens is 298 g/mol. The van der Waals surface area contributed by atoms with Crippen LogP contribution in [0.3, 0.4) is 0 Å². The molecule has 134 valence electrons. The maximum Gasteiger partial charge on any atom is 0.307 e. The number of carbonyl (C=O) groups is 3. The topological polar surface area (TPSA) is 80.7 Å². The van der Waals surface area contributed by atoms with Crippen molar-refractivity contribution in [2.75, 3.05) is 27.7 Å². The van der Waals surface area contributed by atoms with E-state index in [-0.39, 0.29) is 18.2 Å². The minimum absolute atomic E-state index is 0.160. The molecule has 6 heteroatoms. The summed E-state index contributed by atoms with van der Waals surface area (Å²) in [5.74, 6) is -1.06. The first kappa shape index (κ1) is 21.6. The zero-order valence-electron chi connectivity index (χ0n) is 15.0. The summed E-state index contributed by atoms with van der Waals surface area (Å²) in [7, 11) is 5.80. The molecule has 6 nitrogen and oxygen atoms in total. The van der Waals surface area contributed by atoms with Crippen molar-refractivity contribution in [3.63, 3.8) is 0 Å². The van der Waals surface area contributed by atoms with Crippen molar-refractivity contribution in [1.82, 2.24) is 0 Å². The maximum atomic E-state index is 11.8. The Morgan fingerprint density at radius 2 is 1.48 bits per heavy atom. The van der Waals surface area contributed by atoms with Gasteiger partial charge in [-0.1, -0.05) is 19.3 Å². The number of aliphatic carboxylic acids is 1. The molecule has 1 unspecified atom stereocenters. The fraction of sp³-hybridized carbons (Fsp3) is 0.824. The van der Waals surface area contributed by atoms with E-state index in [2.05, 4.69) is 0 Å². The van der Waals surface area contributed by atoms with Crippen LogP contribution in [0.1, 0.15) is 58.3 Å². The van der Waals surface area contributed by atoms with E-state index in [1.165, 1.54) is 0 Å². The van der Waals surface area contributed by atoms with Crippen molar-refractivity contribution in [2.45, 2.75) is 64.4 Å². The van der Waals surface area contributed by atoms with Gasteiger partial charge in [-0.15, -0.1) is 0 Å². The van der Waals surface area contributed by atoms with Crippen molar-refractivity contribution in [1.29, 1.82) is 0 Å². The third kappa shape index (κ3) is 15.2. The van der Waals surface area contributed by atoms with Crippen molar-refractivity contribution < 1.29 is 28.7 Å². The van der Waals surface area contributed by atoms with Gasteiger partial charge in [0.15, 0.2) is 6.10 Å². The first-order valence-corrected chi connectivity index (χ1v) is 8.31. The standard InChI is InChI=1S/C17H31NO5/c1-14(19)10-8-6-5-7-9-11-17(22)23-15(12-16(20)21)13-18(2,3)4/h15H,5-13H2,1-4H3/p+1. The van der Waals surface area contributed by atoms with Gasteiger partial charge in [-0.05, 0) is 19.8 Å². The van der Waals surface area contributed by atoms with E-state index in [1.54, 1.807) is 6.92 Å². The lowest BCUT2D eigenvalue weighted by Gasteiger charge is -2.28. The Hall–Kier alpha value is -1.43. The molecule has 0 aliphatic carbocycles. The third-order valence-corrected chi connectivity index (χ3v) is 3.36. The zero-order valence-corrected chi connectivity index (χ0v) is 15.0. The zero-order chi connectivity index (χ0) is 17.9. The summed E-state index contributed by atoms with van der Waals surface area (Å²) >= 11 is 0. The van der Waals surface area contributed by atoms with Gasteiger partial charge in [-0.25, -0.2) is 0 Å². The number of carboxylic acid groups (broad SMARTS) is 1. The first-order valence-electron chi connectivity index (χ1n) is 8.31. The van der Waals surface area contributed by atoms with E-state index < -0.39 is 12.1 Å². The molecule has 1 N–H and O–H groups in total. The molecule has 0 amide bonds. The van der Waals surface area contributed by atoms with Crippen molar-refractivity contribution >= 4 is 17.7 Å². The molecule has 0 aromatic carbocycles. The summed E-state index contributed by atoms with van der Waals surface area (Å²) in [6, 6.07) is 0. The molecule has 0 aromatic rings.